The Morgan fingerprint density at radius 1 is 0.702 bits per heavy atom. The number of fused-ring (bicyclic) bond motifs is 4. The fraction of sp³-hybridized carbons (Fsp3) is 0.136. The molecule has 0 aliphatic heterocycles. The summed E-state index contributed by atoms with van der Waals surface area (Å²) in [5.41, 5.74) is 25.8. The first-order valence-corrected chi connectivity index (χ1v) is 16.3. The van der Waals surface area contributed by atoms with Gasteiger partial charge in [-0.1, -0.05) is 153 Å². The number of hydrogen-bond acceptors (Lipinski definition) is 3. The van der Waals surface area contributed by atoms with Crippen molar-refractivity contribution in [2.24, 2.45) is 5.73 Å². The number of nitrogens with two attached hydrogens (primary N) is 2. The molecule has 5 N–H and O–H groups in total. The predicted octanol–water partition coefficient (Wildman–Crippen LogP) is 10.1. The van der Waals surface area contributed by atoms with E-state index in [4.69, 9.17) is 11.5 Å². The van der Waals surface area contributed by atoms with Crippen LogP contribution in [0.25, 0.3) is 45.2 Å². The smallest absolute Gasteiger partial charge is 0.0817 e. The topological polar surface area (TPSA) is 64.1 Å². The fourth-order valence-electron chi connectivity index (χ4n) is 6.96. The zero-order chi connectivity index (χ0) is 32.5. The second-order valence-corrected chi connectivity index (χ2v) is 13.1. The maximum atomic E-state index is 6.64. The first-order chi connectivity index (χ1) is 22.8. The minimum atomic E-state index is -0.325. The highest BCUT2D eigenvalue weighted by Gasteiger charge is 2.37. The van der Waals surface area contributed by atoms with E-state index in [0.29, 0.717) is 0 Å². The Hall–Kier alpha value is -5.22. The van der Waals surface area contributed by atoms with Crippen LogP contribution in [0.2, 0.25) is 0 Å². The third-order valence-corrected chi connectivity index (χ3v) is 9.66. The van der Waals surface area contributed by atoms with Crippen molar-refractivity contribution in [2.75, 3.05) is 5.73 Å². The van der Waals surface area contributed by atoms with Crippen molar-refractivity contribution in [1.29, 1.82) is 0 Å². The van der Waals surface area contributed by atoms with Gasteiger partial charge in [0.15, 0.2) is 0 Å². The van der Waals surface area contributed by atoms with E-state index >= 15 is 0 Å². The average molecular weight is 612 g/mol. The molecular formula is C44H41N3. The Labute approximate surface area is 278 Å². The molecule has 3 heteroatoms. The maximum absolute atomic E-state index is 6.64. The van der Waals surface area contributed by atoms with E-state index in [2.05, 4.69) is 123 Å². The van der Waals surface area contributed by atoms with Crippen LogP contribution in [0.3, 0.4) is 0 Å². The molecule has 0 bridgehead atoms. The molecule has 1 aliphatic rings. The molecule has 0 radical (unpaired) electrons. The number of benzene rings is 6. The van der Waals surface area contributed by atoms with Crippen LogP contribution in [-0.4, -0.2) is 6.04 Å². The Morgan fingerprint density at radius 3 is 2.13 bits per heavy atom. The van der Waals surface area contributed by atoms with Gasteiger partial charge in [0.1, 0.15) is 0 Å². The molecule has 0 saturated carbocycles. The van der Waals surface area contributed by atoms with Gasteiger partial charge in [0.05, 0.1) is 6.17 Å². The third-order valence-electron chi connectivity index (χ3n) is 9.66. The lowest BCUT2D eigenvalue weighted by molar-refractivity contribution is 0.531. The summed E-state index contributed by atoms with van der Waals surface area (Å²) >= 11 is 0. The van der Waals surface area contributed by atoms with Crippen molar-refractivity contribution in [3.63, 3.8) is 0 Å². The number of nitrogens with one attached hydrogen (secondary N) is 1. The van der Waals surface area contributed by atoms with Gasteiger partial charge < -0.3 is 11.5 Å². The molecule has 1 aliphatic carbocycles. The summed E-state index contributed by atoms with van der Waals surface area (Å²) in [4.78, 5) is 0. The van der Waals surface area contributed by atoms with Crippen LogP contribution in [0, 0.1) is 0 Å². The molecule has 0 aromatic heterocycles. The van der Waals surface area contributed by atoms with Gasteiger partial charge in [-0.15, -0.1) is 0 Å². The van der Waals surface area contributed by atoms with Crippen LogP contribution >= 0.6 is 0 Å². The van der Waals surface area contributed by atoms with Crippen LogP contribution in [0.5, 0.6) is 0 Å². The van der Waals surface area contributed by atoms with Crippen LogP contribution in [0.4, 0.5) is 5.69 Å². The molecule has 0 amide bonds. The second kappa shape index (κ2) is 12.5. The van der Waals surface area contributed by atoms with E-state index in [-0.39, 0.29) is 17.6 Å². The highest BCUT2D eigenvalue weighted by Crippen LogP contribution is 2.53. The van der Waals surface area contributed by atoms with Crippen LogP contribution < -0.4 is 16.8 Å². The second-order valence-electron chi connectivity index (χ2n) is 13.1. The normalized spacial score (nSPS) is 15.0. The van der Waals surface area contributed by atoms with Crippen molar-refractivity contribution >= 4 is 28.6 Å². The van der Waals surface area contributed by atoms with E-state index in [1.54, 1.807) is 0 Å². The first kappa shape index (κ1) is 30.4. The standard InChI is InChI=1S/C44H41N3/c1-29(26-35-16-9-10-19-40(35)45)41(47-43(46)32-12-5-4-6-13-32)25-22-30-20-23-31(24-21-30)36-17-11-18-38-42(36)37-27-33-14-7-8-15-34(33)28-39(37)44(38,2)3/h4-28,41,43,47H,45-46H2,1-3H3/b25-22+,29-26+. The van der Waals surface area contributed by atoms with Crippen molar-refractivity contribution in [3.05, 3.63) is 173 Å². The molecule has 6 aromatic carbocycles. The minimum absolute atomic E-state index is 0.0637. The van der Waals surface area contributed by atoms with Gasteiger partial charge in [0.2, 0.25) is 0 Å². The summed E-state index contributed by atoms with van der Waals surface area (Å²) in [6.45, 7) is 6.81. The Bertz CT molecular complexity index is 2120. The van der Waals surface area contributed by atoms with E-state index in [0.717, 1.165) is 28.0 Å². The first-order valence-electron chi connectivity index (χ1n) is 16.3. The van der Waals surface area contributed by atoms with Crippen molar-refractivity contribution in [1.82, 2.24) is 5.32 Å². The molecule has 0 fully saturated rings. The van der Waals surface area contributed by atoms with Crippen molar-refractivity contribution in [2.45, 2.75) is 38.4 Å². The molecule has 6 aromatic rings. The molecule has 2 atom stereocenters. The zero-order valence-corrected chi connectivity index (χ0v) is 27.2. The van der Waals surface area contributed by atoms with Gasteiger partial charge in [-0.3, -0.25) is 5.32 Å². The summed E-state index contributed by atoms with van der Waals surface area (Å²) in [6, 6.07) is 47.1. The third kappa shape index (κ3) is 5.92. The number of rotatable bonds is 8. The molecule has 0 spiro atoms. The van der Waals surface area contributed by atoms with E-state index in [1.807, 2.05) is 54.6 Å². The van der Waals surface area contributed by atoms with Gasteiger partial charge in [0, 0.05) is 17.1 Å². The molecule has 7 rings (SSSR count). The monoisotopic (exact) mass is 611 g/mol. The summed E-state index contributed by atoms with van der Waals surface area (Å²) in [6.07, 6.45) is 6.17. The largest absolute Gasteiger partial charge is 0.398 e. The number of nitrogen functional groups attached to an aromatic ring is 1. The van der Waals surface area contributed by atoms with Gasteiger partial charge in [-0.05, 0) is 86.0 Å². The number of hydrogen-bond donors (Lipinski definition) is 3. The highest BCUT2D eigenvalue weighted by molar-refractivity contribution is 5.98. The lowest BCUT2D eigenvalue weighted by Crippen LogP contribution is -2.37. The Morgan fingerprint density at radius 2 is 1.38 bits per heavy atom. The van der Waals surface area contributed by atoms with Crippen LogP contribution in [0.15, 0.2) is 145 Å². The minimum Gasteiger partial charge on any atom is -0.398 e. The number of para-hydroxylation sites is 1. The van der Waals surface area contributed by atoms with E-state index in [1.165, 1.54) is 44.2 Å². The zero-order valence-electron chi connectivity index (χ0n) is 27.2. The van der Waals surface area contributed by atoms with Crippen molar-refractivity contribution < 1.29 is 0 Å². The van der Waals surface area contributed by atoms with Gasteiger partial charge in [0.25, 0.3) is 0 Å². The quantitative estimate of drug-likeness (QED) is 0.119. The lowest BCUT2D eigenvalue weighted by atomic mass is 9.81. The molecule has 232 valence electrons. The summed E-state index contributed by atoms with van der Waals surface area (Å²) < 4.78 is 0. The van der Waals surface area contributed by atoms with Crippen LogP contribution in [-0.2, 0) is 5.41 Å². The van der Waals surface area contributed by atoms with Gasteiger partial charge in [-0.25, -0.2) is 0 Å². The summed E-state index contributed by atoms with van der Waals surface area (Å²) in [7, 11) is 0. The van der Waals surface area contributed by atoms with E-state index in [9.17, 15) is 0 Å². The Balaban J connectivity index is 1.20. The molecule has 2 unspecified atom stereocenters. The van der Waals surface area contributed by atoms with E-state index < -0.39 is 0 Å². The Kier molecular flexibility index (Phi) is 8.11. The highest BCUT2D eigenvalue weighted by atomic mass is 15.0. The summed E-state index contributed by atoms with van der Waals surface area (Å²) in [5.74, 6) is 0. The van der Waals surface area contributed by atoms with Gasteiger partial charge in [-0.2, -0.15) is 0 Å². The van der Waals surface area contributed by atoms with Crippen LogP contribution in [0.1, 0.15) is 54.8 Å². The average Bonchev–Trinajstić information content (AvgIpc) is 3.32. The SMILES string of the molecule is C/C(=C\c1ccccc1N)C(/C=C/c1ccc(-c2cccc3c2-c2cc4ccccc4cc2C3(C)C)cc1)NC(N)c1ccccc1. The number of anilines is 1. The molecule has 47 heavy (non-hydrogen) atoms. The fourth-order valence-corrected chi connectivity index (χ4v) is 6.96. The maximum Gasteiger partial charge on any atom is 0.0817 e. The molecule has 0 heterocycles. The molecular weight excluding hydrogens is 571 g/mol. The van der Waals surface area contributed by atoms with Gasteiger partial charge >= 0.3 is 0 Å². The predicted molar refractivity (Wildman–Crippen MR) is 201 cm³/mol. The van der Waals surface area contributed by atoms with Crippen molar-refractivity contribution in [3.8, 4) is 22.3 Å². The summed E-state index contributed by atoms with van der Waals surface area (Å²) in [5, 5.41) is 6.19. The molecule has 0 saturated heterocycles. The molecule has 3 nitrogen and oxygen atoms in total. The lowest BCUT2D eigenvalue weighted by Gasteiger charge is -2.22.